The van der Waals surface area contributed by atoms with Gasteiger partial charge in [-0.05, 0) is 6.42 Å². The van der Waals surface area contributed by atoms with Crippen molar-refractivity contribution in [3.05, 3.63) is 25.3 Å². The second-order valence-corrected chi connectivity index (χ2v) is 2.15. The summed E-state index contributed by atoms with van der Waals surface area (Å²) in [5.74, 6) is 0. The molecule has 0 fully saturated rings. The van der Waals surface area contributed by atoms with E-state index in [2.05, 4.69) is 13.2 Å². The fraction of sp³-hybridized carbons (Fsp3) is 0.556. The molecule has 0 aliphatic carbocycles. The van der Waals surface area contributed by atoms with Gasteiger partial charge < -0.3 is 9.47 Å². The minimum atomic E-state index is -0.0214. The van der Waals surface area contributed by atoms with Crippen LogP contribution >= 0.6 is 0 Å². The molecule has 2 nitrogen and oxygen atoms in total. The summed E-state index contributed by atoms with van der Waals surface area (Å²) in [4.78, 5) is 0. The first-order valence-electron chi connectivity index (χ1n) is 3.70. The quantitative estimate of drug-likeness (QED) is 0.413. The molecule has 11 heavy (non-hydrogen) atoms. The molecule has 0 saturated heterocycles. The van der Waals surface area contributed by atoms with Gasteiger partial charge in [-0.1, -0.05) is 12.2 Å². The van der Waals surface area contributed by atoms with Crippen LogP contribution in [0.1, 0.15) is 6.42 Å². The Morgan fingerprint density at radius 3 is 2.36 bits per heavy atom. The summed E-state index contributed by atoms with van der Waals surface area (Å²) in [6.07, 6.45) is 4.33. The zero-order valence-electron chi connectivity index (χ0n) is 7.08. The van der Waals surface area contributed by atoms with E-state index in [9.17, 15) is 0 Å². The van der Waals surface area contributed by atoms with Gasteiger partial charge in [-0.2, -0.15) is 0 Å². The highest BCUT2D eigenvalue weighted by molar-refractivity contribution is 4.93. The SMILES string of the molecule is C=CC(C=C)OCCCOC. The molecule has 0 amide bonds. The molecule has 0 spiro atoms. The number of hydrogen-bond acceptors (Lipinski definition) is 2. The summed E-state index contributed by atoms with van der Waals surface area (Å²) in [7, 11) is 1.68. The van der Waals surface area contributed by atoms with Crippen molar-refractivity contribution in [2.24, 2.45) is 0 Å². The van der Waals surface area contributed by atoms with E-state index in [0.29, 0.717) is 6.61 Å². The summed E-state index contributed by atoms with van der Waals surface area (Å²) in [5.41, 5.74) is 0. The van der Waals surface area contributed by atoms with Crippen molar-refractivity contribution in [2.45, 2.75) is 12.5 Å². The van der Waals surface area contributed by atoms with Crippen LogP contribution in [0, 0.1) is 0 Å². The van der Waals surface area contributed by atoms with Gasteiger partial charge in [0, 0.05) is 20.3 Å². The van der Waals surface area contributed by atoms with Gasteiger partial charge in [0.05, 0.1) is 6.10 Å². The lowest BCUT2D eigenvalue weighted by molar-refractivity contribution is 0.0894. The maximum absolute atomic E-state index is 5.33. The predicted molar refractivity (Wildman–Crippen MR) is 46.6 cm³/mol. The molecule has 0 aliphatic rings. The Bertz CT molecular complexity index is 102. The summed E-state index contributed by atoms with van der Waals surface area (Å²) in [6, 6.07) is 0. The Morgan fingerprint density at radius 1 is 1.27 bits per heavy atom. The van der Waals surface area contributed by atoms with Crippen LogP contribution in [0.25, 0.3) is 0 Å². The van der Waals surface area contributed by atoms with Crippen LogP contribution < -0.4 is 0 Å². The topological polar surface area (TPSA) is 18.5 Å². The maximum Gasteiger partial charge on any atom is 0.0932 e. The molecular formula is C9H16O2. The van der Waals surface area contributed by atoms with Gasteiger partial charge in [0.15, 0.2) is 0 Å². The van der Waals surface area contributed by atoms with Crippen molar-refractivity contribution in [1.29, 1.82) is 0 Å². The first-order chi connectivity index (χ1) is 5.35. The van der Waals surface area contributed by atoms with E-state index < -0.39 is 0 Å². The molecule has 0 saturated carbocycles. The Morgan fingerprint density at radius 2 is 1.91 bits per heavy atom. The molecule has 0 radical (unpaired) electrons. The van der Waals surface area contributed by atoms with Crippen molar-refractivity contribution in [3.63, 3.8) is 0 Å². The van der Waals surface area contributed by atoms with Gasteiger partial charge >= 0.3 is 0 Å². The zero-order chi connectivity index (χ0) is 8.53. The predicted octanol–water partition coefficient (Wildman–Crippen LogP) is 1.78. The van der Waals surface area contributed by atoms with Crippen LogP contribution in [0.5, 0.6) is 0 Å². The van der Waals surface area contributed by atoms with E-state index in [1.165, 1.54) is 0 Å². The lowest BCUT2D eigenvalue weighted by atomic mass is 10.3. The van der Waals surface area contributed by atoms with Crippen LogP contribution in [-0.4, -0.2) is 26.4 Å². The summed E-state index contributed by atoms with van der Waals surface area (Å²) in [6.45, 7) is 8.63. The number of ether oxygens (including phenoxy) is 2. The van der Waals surface area contributed by atoms with Gasteiger partial charge in [-0.25, -0.2) is 0 Å². The third-order valence-electron chi connectivity index (χ3n) is 1.27. The molecule has 0 aromatic heterocycles. The third kappa shape index (κ3) is 5.83. The minimum Gasteiger partial charge on any atom is -0.385 e. The number of rotatable bonds is 7. The summed E-state index contributed by atoms with van der Waals surface area (Å²) >= 11 is 0. The average molecular weight is 156 g/mol. The van der Waals surface area contributed by atoms with Crippen molar-refractivity contribution in [3.8, 4) is 0 Å². The van der Waals surface area contributed by atoms with Gasteiger partial charge in [0.2, 0.25) is 0 Å². The standard InChI is InChI=1S/C9H16O2/c1-4-9(5-2)11-8-6-7-10-3/h4-5,9H,1-2,6-8H2,3H3. The first kappa shape index (κ1) is 10.4. The lowest BCUT2D eigenvalue weighted by Crippen LogP contribution is -2.08. The minimum absolute atomic E-state index is 0.0214. The second kappa shape index (κ2) is 7.51. The van der Waals surface area contributed by atoms with E-state index in [-0.39, 0.29) is 6.10 Å². The Hall–Kier alpha value is -0.600. The zero-order valence-corrected chi connectivity index (χ0v) is 7.08. The lowest BCUT2D eigenvalue weighted by Gasteiger charge is -2.07. The van der Waals surface area contributed by atoms with Gasteiger partial charge in [0.1, 0.15) is 0 Å². The Balaban J connectivity index is 3.21. The third-order valence-corrected chi connectivity index (χ3v) is 1.27. The van der Waals surface area contributed by atoms with E-state index in [0.717, 1.165) is 13.0 Å². The molecule has 0 heterocycles. The van der Waals surface area contributed by atoms with E-state index >= 15 is 0 Å². The molecule has 0 atom stereocenters. The molecule has 64 valence electrons. The smallest absolute Gasteiger partial charge is 0.0932 e. The molecular weight excluding hydrogens is 140 g/mol. The average Bonchev–Trinajstić information content (AvgIpc) is 2.05. The van der Waals surface area contributed by atoms with Crippen molar-refractivity contribution in [2.75, 3.05) is 20.3 Å². The molecule has 0 aromatic carbocycles. The Kier molecular flexibility index (Phi) is 7.10. The highest BCUT2D eigenvalue weighted by Gasteiger charge is 1.95. The van der Waals surface area contributed by atoms with E-state index in [1.807, 2.05) is 0 Å². The molecule has 0 unspecified atom stereocenters. The van der Waals surface area contributed by atoms with Crippen molar-refractivity contribution >= 4 is 0 Å². The largest absolute Gasteiger partial charge is 0.385 e. The van der Waals surface area contributed by atoms with Crippen LogP contribution in [0.3, 0.4) is 0 Å². The summed E-state index contributed by atoms with van der Waals surface area (Å²) in [5, 5.41) is 0. The van der Waals surface area contributed by atoms with Gasteiger partial charge in [-0.3, -0.25) is 0 Å². The molecule has 0 N–H and O–H groups in total. The number of hydrogen-bond donors (Lipinski definition) is 0. The fourth-order valence-electron chi connectivity index (χ4n) is 0.655. The molecule has 0 aliphatic heterocycles. The molecule has 0 bridgehead atoms. The molecule has 0 rings (SSSR count). The van der Waals surface area contributed by atoms with Crippen LogP contribution in [0.2, 0.25) is 0 Å². The Labute approximate surface area is 68.5 Å². The first-order valence-corrected chi connectivity index (χ1v) is 3.70. The van der Waals surface area contributed by atoms with Crippen LogP contribution in [0.15, 0.2) is 25.3 Å². The van der Waals surface area contributed by atoms with Crippen molar-refractivity contribution < 1.29 is 9.47 Å². The van der Waals surface area contributed by atoms with Crippen molar-refractivity contribution in [1.82, 2.24) is 0 Å². The second-order valence-electron chi connectivity index (χ2n) is 2.15. The van der Waals surface area contributed by atoms with Gasteiger partial charge in [-0.15, -0.1) is 13.2 Å². The monoisotopic (exact) mass is 156 g/mol. The van der Waals surface area contributed by atoms with Crippen LogP contribution in [0.4, 0.5) is 0 Å². The van der Waals surface area contributed by atoms with Gasteiger partial charge in [0.25, 0.3) is 0 Å². The maximum atomic E-state index is 5.33. The molecule has 0 aromatic rings. The normalized spacial score (nSPS) is 10.0. The van der Waals surface area contributed by atoms with Crippen LogP contribution in [-0.2, 0) is 9.47 Å². The van der Waals surface area contributed by atoms with E-state index in [4.69, 9.17) is 9.47 Å². The highest BCUT2D eigenvalue weighted by Crippen LogP contribution is 1.95. The fourth-order valence-corrected chi connectivity index (χ4v) is 0.655. The number of methoxy groups -OCH3 is 1. The summed E-state index contributed by atoms with van der Waals surface area (Å²) < 4.78 is 10.2. The highest BCUT2D eigenvalue weighted by atomic mass is 16.5. The van der Waals surface area contributed by atoms with E-state index in [1.54, 1.807) is 19.3 Å². The molecule has 2 heteroatoms.